The Hall–Kier alpha value is -2.40. The highest BCUT2D eigenvalue weighted by Crippen LogP contribution is 2.34. The van der Waals surface area contributed by atoms with E-state index in [-0.39, 0.29) is 17.8 Å². The van der Waals surface area contributed by atoms with Gasteiger partial charge in [-0.1, -0.05) is 30.3 Å². The Labute approximate surface area is 140 Å². The van der Waals surface area contributed by atoms with Gasteiger partial charge < -0.3 is 15.0 Å². The number of benzene rings is 2. The molecule has 1 N–H and O–H groups in total. The molecule has 124 valence electrons. The number of para-hydroxylation sites is 1. The second-order valence-corrected chi connectivity index (χ2v) is 6.21. The topological polar surface area (TPSA) is 41.6 Å². The minimum atomic E-state index is -0.530. The Balaban J connectivity index is 1.73. The summed E-state index contributed by atoms with van der Waals surface area (Å²) in [4.78, 5) is 14.7. The van der Waals surface area contributed by atoms with Gasteiger partial charge in [0.25, 0.3) is 5.91 Å². The molecule has 2 aromatic rings. The van der Waals surface area contributed by atoms with Gasteiger partial charge in [-0.15, -0.1) is 0 Å². The third-order valence-corrected chi connectivity index (χ3v) is 4.65. The number of anilines is 1. The van der Waals surface area contributed by atoms with Crippen LogP contribution in [0.4, 0.5) is 10.1 Å². The zero-order valence-corrected chi connectivity index (χ0v) is 13.2. The van der Waals surface area contributed by atoms with Gasteiger partial charge in [0.15, 0.2) is 0 Å². The third kappa shape index (κ3) is 2.65. The average molecular weight is 326 g/mol. The molecule has 2 aliphatic rings. The molecule has 5 heteroatoms. The van der Waals surface area contributed by atoms with Crippen molar-refractivity contribution < 1.29 is 13.9 Å². The third-order valence-electron chi connectivity index (χ3n) is 4.65. The van der Waals surface area contributed by atoms with E-state index in [1.54, 1.807) is 29.2 Å². The number of halogens is 1. The average Bonchev–Trinajstić information content (AvgIpc) is 3.11. The van der Waals surface area contributed by atoms with Crippen LogP contribution in [-0.2, 0) is 4.74 Å². The standard InChI is InChI=1S/C19H19FN2O2/c20-16-9-3-1-7-14(16)18-21-17-10-4-2-8-15(17)19(23)22(18)12-13-6-5-11-24-13/h1-4,7-10,13,18,21H,5-6,11-12H2/t13-,18-/m1/s1. The van der Waals surface area contributed by atoms with Crippen LogP contribution < -0.4 is 5.32 Å². The number of ether oxygens (including phenoxy) is 1. The van der Waals surface area contributed by atoms with Crippen LogP contribution in [0, 0.1) is 5.82 Å². The molecule has 2 heterocycles. The lowest BCUT2D eigenvalue weighted by Crippen LogP contribution is -2.46. The first kappa shape index (κ1) is 15.1. The molecule has 0 aromatic heterocycles. The van der Waals surface area contributed by atoms with E-state index in [1.165, 1.54) is 6.07 Å². The maximum atomic E-state index is 14.4. The summed E-state index contributed by atoms with van der Waals surface area (Å²) >= 11 is 0. The van der Waals surface area contributed by atoms with Crippen molar-refractivity contribution in [2.75, 3.05) is 18.5 Å². The summed E-state index contributed by atoms with van der Waals surface area (Å²) in [5.74, 6) is -0.410. The van der Waals surface area contributed by atoms with Crippen molar-refractivity contribution in [3.8, 4) is 0 Å². The molecule has 0 aliphatic carbocycles. The van der Waals surface area contributed by atoms with E-state index < -0.39 is 6.17 Å². The number of carbonyl (C=O) groups is 1. The predicted molar refractivity (Wildman–Crippen MR) is 89.2 cm³/mol. The molecule has 2 atom stereocenters. The van der Waals surface area contributed by atoms with Crippen LogP contribution in [0.3, 0.4) is 0 Å². The number of hydrogen-bond donors (Lipinski definition) is 1. The first-order chi connectivity index (χ1) is 11.7. The molecule has 0 bridgehead atoms. The Kier molecular flexibility index (Phi) is 3.94. The summed E-state index contributed by atoms with van der Waals surface area (Å²) in [5, 5.41) is 3.32. The number of nitrogens with zero attached hydrogens (tertiary/aromatic N) is 1. The number of hydrogen-bond acceptors (Lipinski definition) is 3. The molecule has 0 radical (unpaired) electrons. The van der Waals surface area contributed by atoms with Gasteiger partial charge in [0.2, 0.25) is 0 Å². The molecule has 0 spiro atoms. The molecule has 1 amide bonds. The Morgan fingerprint density at radius 1 is 1.17 bits per heavy atom. The summed E-state index contributed by atoms with van der Waals surface area (Å²) in [6, 6.07) is 13.9. The van der Waals surface area contributed by atoms with Crippen LogP contribution in [0.5, 0.6) is 0 Å². The summed E-state index contributed by atoms with van der Waals surface area (Å²) in [6.45, 7) is 1.18. The molecule has 4 nitrogen and oxygen atoms in total. The highest BCUT2D eigenvalue weighted by molar-refractivity contribution is 6.01. The van der Waals surface area contributed by atoms with Crippen LogP contribution in [0.15, 0.2) is 48.5 Å². The highest BCUT2D eigenvalue weighted by atomic mass is 19.1. The van der Waals surface area contributed by atoms with E-state index in [0.29, 0.717) is 17.7 Å². The summed E-state index contributed by atoms with van der Waals surface area (Å²) < 4.78 is 20.0. The highest BCUT2D eigenvalue weighted by Gasteiger charge is 2.36. The summed E-state index contributed by atoms with van der Waals surface area (Å²) in [5.41, 5.74) is 1.82. The van der Waals surface area contributed by atoms with E-state index >= 15 is 0 Å². The minimum Gasteiger partial charge on any atom is -0.376 e. The van der Waals surface area contributed by atoms with Crippen molar-refractivity contribution in [1.29, 1.82) is 0 Å². The summed E-state index contributed by atoms with van der Waals surface area (Å²) in [7, 11) is 0. The van der Waals surface area contributed by atoms with Gasteiger partial charge >= 0.3 is 0 Å². The van der Waals surface area contributed by atoms with E-state index in [1.807, 2.05) is 18.2 Å². The number of nitrogens with one attached hydrogen (secondary N) is 1. The molecular weight excluding hydrogens is 307 g/mol. The number of fused-ring (bicyclic) bond motifs is 1. The van der Waals surface area contributed by atoms with Crippen molar-refractivity contribution in [2.45, 2.75) is 25.1 Å². The van der Waals surface area contributed by atoms with E-state index in [0.717, 1.165) is 25.1 Å². The van der Waals surface area contributed by atoms with Gasteiger partial charge in [-0.25, -0.2) is 4.39 Å². The van der Waals surface area contributed by atoms with Crippen LogP contribution >= 0.6 is 0 Å². The normalized spacial score (nSPS) is 23.0. The van der Waals surface area contributed by atoms with E-state index in [2.05, 4.69) is 5.32 Å². The zero-order chi connectivity index (χ0) is 16.5. The van der Waals surface area contributed by atoms with Gasteiger partial charge in [-0.2, -0.15) is 0 Å². The van der Waals surface area contributed by atoms with Gasteiger partial charge in [-0.05, 0) is 31.0 Å². The van der Waals surface area contributed by atoms with Gasteiger partial charge in [-0.3, -0.25) is 4.79 Å². The maximum absolute atomic E-state index is 14.4. The maximum Gasteiger partial charge on any atom is 0.257 e. The molecule has 2 aliphatic heterocycles. The largest absolute Gasteiger partial charge is 0.376 e. The molecule has 0 saturated carbocycles. The molecule has 4 rings (SSSR count). The van der Waals surface area contributed by atoms with Gasteiger partial charge in [0.1, 0.15) is 12.0 Å². The van der Waals surface area contributed by atoms with E-state index in [4.69, 9.17) is 4.74 Å². The Bertz CT molecular complexity index is 759. The fourth-order valence-electron chi connectivity index (χ4n) is 3.43. The van der Waals surface area contributed by atoms with Crippen molar-refractivity contribution in [3.63, 3.8) is 0 Å². The van der Waals surface area contributed by atoms with Crippen molar-refractivity contribution in [2.24, 2.45) is 0 Å². The first-order valence-corrected chi connectivity index (χ1v) is 8.26. The number of rotatable bonds is 3. The fraction of sp³-hybridized carbons (Fsp3) is 0.316. The number of carbonyl (C=O) groups excluding carboxylic acids is 1. The Morgan fingerprint density at radius 2 is 1.96 bits per heavy atom. The molecular formula is C19H19FN2O2. The zero-order valence-electron chi connectivity index (χ0n) is 13.2. The first-order valence-electron chi connectivity index (χ1n) is 8.26. The van der Waals surface area contributed by atoms with Crippen LogP contribution in [0.1, 0.15) is 34.9 Å². The molecule has 2 aromatic carbocycles. The lowest BCUT2D eigenvalue weighted by Gasteiger charge is -2.39. The van der Waals surface area contributed by atoms with Gasteiger partial charge in [0, 0.05) is 24.4 Å². The molecule has 0 unspecified atom stereocenters. The van der Waals surface area contributed by atoms with Gasteiger partial charge in [0.05, 0.1) is 11.7 Å². The molecule has 1 fully saturated rings. The molecule has 24 heavy (non-hydrogen) atoms. The van der Waals surface area contributed by atoms with Crippen molar-refractivity contribution in [1.82, 2.24) is 4.90 Å². The van der Waals surface area contributed by atoms with Crippen molar-refractivity contribution in [3.05, 3.63) is 65.5 Å². The van der Waals surface area contributed by atoms with Crippen LogP contribution in [0.2, 0.25) is 0 Å². The summed E-state index contributed by atoms with van der Waals surface area (Å²) in [6.07, 6.45) is 1.41. The SMILES string of the molecule is O=C1c2ccccc2N[C@@H](c2ccccc2F)N1C[C@H]1CCCO1. The fourth-order valence-corrected chi connectivity index (χ4v) is 3.43. The number of amides is 1. The van der Waals surface area contributed by atoms with E-state index in [9.17, 15) is 9.18 Å². The van der Waals surface area contributed by atoms with Crippen LogP contribution in [-0.4, -0.2) is 30.1 Å². The molecule has 1 saturated heterocycles. The lowest BCUT2D eigenvalue weighted by atomic mass is 10.0. The Morgan fingerprint density at radius 3 is 2.75 bits per heavy atom. The second kappa shape index (κ2) is 6.24. The van der Waals surface area contributed by atoms with Crippen molar-refractivity contribution >= 4 is 11.6 Å². The monoisotopic (exact) mass is 326 g/mol. The smallest absolute Gasteiger partial charge is 0.257 e. The quantitative estimate of drug-likeness (QED) is 0.937. The van der Waals surface area contributed by atoms with Crippen LogP contribution in [0.25, 0.3) is 0 Å². The predicted octanol–water partition coefficient (Wildman–Crippen LogP) is 3.57. The lowest BCUT2D eigenvalue weighted by molar-refractivity contribution is 0.0423. The minimum absolute atomic E-state index is 0.00952. The second-order valence-electron chi connectivity index (χ2n) is 6.21.